The van der Waals surface area contributed by atoms with E-state index in [9.17, 15) is 0 Å². The van der Waals surface area contributed by atoms with E-state index in [4.69, 9.17) is 9.47 Å². The number of aromatic nitrogens is 1. The van der Waals surface area contributed by atoms with Crippen LogP contribution in [0.3, 0.4) is 0 Å². The maximum absolute atomic E-state index is 6.43. The summed E-state index contributed by atoms with van der Waals surface area (Å²) in [4.78, 5) is 10.3. The highest BCUT2D eigenvalue weighted by Gasteiger charge is 2.41. The molecular formula is C25H35N3O2S. The Morgan fingerprint density at radius 2 is 2.03 bits per heavy atom. The lowest BCUT2D eigenvalue weighted by atomic mass is 9.82. The molecule has 0 saturated carbocycles. The van der Waals surface area contributed by atoms with Crippen LogP contribution in [0.2, 0.25) is 0 Å². The van der Waals surface area contributed by atoms with Crippen LogP contribution in [0, 0.1) is 5.92 Å². The molecule has 2 fully saturated rings. The van der Waals surface area contributed by atoms with E-state index in [1.165, 1.54) is 16.0 Å². The molecule has 1 spiro atoms. The normalized spacial score (nSPS) is 21.8. The van der Waals surface area contributed by atoms with Crippen LogP contribution in [0.25, 0.3) is 0 Å². The number of thiophene rings is 1. The Kier molecular flexibility index (Phi) is 6.60. The van der Waals surface area contributed by atoms with Gasteiger partial charge >= 0.3 is 0 Å². The number of anilines is 1. The summed E-state index contributed by atoms with van der Waals surface area (Å²) < 4.78 is 11.9. The Hall–Kier alpha value is -1.47. The summed E-state index contributed by atoms with van der Waals surface area (Å²) in [5.74, 6) is 1.69. The van der Waals surface area contributed by atoms with Gasteiger partial charge in [-0.25, -0.2) is 4.98 Å². The van der Waals surface area contributed by atoms with Crippen LogP contribution in [-0.2, 0) is 34.5 Å². The molecule has 0 bridgehead atoms. The van der Waals surface area contributed by atoms with Gasteiger partial charge < -0.3 is 14.8 Å². The minimum atomic E-state index is -0.0375. The van der Waals surface area contributed by atoms with E-state index in [-0.39, 0.29) is 5.60 Å². The lowest BCUT2D eigenvalue weighted by molar-refractivity contribution is -0.0981. The summed E-state index contributed by atoms with van der Waals surface area (Å²) in [6.45, 7) is 9.06. The first-order valence-corrected chi connectivity index (χ1v) is 12.8. The monoisotopic (exact) mass is 441 g/mol. The minimum absolute atomic E-state index is 0.0375. The van der Waals surface area contributed by atoms with E-state index < -0.39 is 0 Å². The van der Waals surface area contributed by atoms with E-state index in [2.05, 4.69) is 40.3 Å². The third kappa shape index (κ3) is 4.82. The molecule has 0 aromatic carbocycles. The lowest BCUT2D eigenvalue weighted by Gasteiger charge is -2.44. The second-order valence-electron chi connectivity index (χ2n) is 9.26. The number of pyridine rings is 1. The Labute approximate surface area is 190 Å². The number of nitrogens with one attached hydrogen (secondary N) is 1. The average Bonchev–Trinajstić information content (AvgIpc) is 3.26. The molecule has 0 amide bonds. The number of likely N-dealkylation sites (tertiary alicyclic amines) is 1. The molecule has 1 N–H and O–H groups in total. The highest BCUT2D eigenvalue weighted by molar-refractivity contribution is 7.12. The molecule has 0 aliphatic carbocycles. The van der Waals surface area contributed by atoms with Gasteiger partial charge in [0, 0.05) is 61.8 Å². The lowest BCUT2D eigenvalue weighted by Crippen LogP contribution is -2.45. The van der Waals surface area contributed by atoms with Gasteiger partial charge in [-0.3, -0.25) is 4.90 Å². The van der Waals surface area contributed by atoms with Gasteiger partial charge in [0.15, 0.2) is 0 Å². The SMILES string of the molecule is CCc1cc2c(s1)CCOC21CCN(Cc2ccc(NCC3CCOCC3)nc2)CC1. The smallest absolute Gasteiger partial charge is 0.125 e. The molecule has 0 atom stereocenters. The molecule has 5 rings (SSSR count). The number of rotatable bonds is 6. The zero-order chi connectivity index (χ0) is 21.1. The standard InChI is InChI=1S/C25H35N3O2S/c1-2-21-15-22-23(31-21)7-14-30-25(22)8-10-28(11-9-25)18-20-3-4-24(27-17-20)26-16-19-5-12-29-13-6-19/h3-4,15,17,19H,2,5-14,16,18H2,1H3,(H,26,27). The predicted molar refractivity (Wildman–Crippen MR) is 126 cm³/mol. The first kappa shape index (κ1) is 21.4. The molecule has 3 aliphatic rings. The van der Waals surface area contributed by atoms with Crippen LogP contribution >= 0.6 is 11.3 Å². The van der Waals surface area contributed by atoms with E-state index >= 15 is 0 Å². The van der Waals surface area contributed by atoms with Crippen LogP contribution in [-0.4, -0.2) is 49.3 Å². The number of fused-ring (bicyclic) bond motifs is 2. The van der Waals surface area contributed by atoms with Crippen molar-refractivity contribution in [2.45, 2.75) is 57.6 Å². The molecule has 2 aromatic rings. The van der Waals surface area contributed by atoms with Crippen molar-refractivity contribution in [2.24, 2.45) is 5.92 Å². The third-order valence-electron chi connectivity index (χ3n) is 7.21. The van der Waals surface area contributed by atoms with Gasteiger partial charge in [-0.15, -0.1) is 11.3 Å². The Bertz CT molecular complexity index is 852. The molecule has 5 nitrogen and oxygen atoms in total. The molecule has 5 heterocycles. The Morgan fingerprint density at radius 3 is 2.77 bits per heavy atom. The second kappa shape index (κ2) is 9.57. The van der Waals surface area contributed by atoms with Crippen molar-refractivity contribution in [2.75, 3.05) is 44.8 Å². The van der Waals surface area contributed by atoms with Crippen LogP contribution < -0.4 is 5.32 Å². The Morgan fingerprint density at radius 1 is 1.19 bits per heavy atom. The van der Waals surface area contributed by atoms with Gasteiger partial charge in [0.2, 0.25) is 0 Å². The van der Waals surface area contributed by atoms with E-state index in [1.54, 1.807) is 4.88 Å². The average molecular weight is 442 g/mol. The van der Waals surface area contributed by atoms with Gasteiger partial charge in [0.25, 0.3) is 0 Å². The van der Waals surface area contributed by atoms with Crippen molar-refractivity contribution in [1.29, 1.82) is 0 Å². The fourth-order valence-electron chi connectivity index (χ4n) is 5.21. The van der Waals surface area contributed by atoms with Crippen LogP contribution in [0.5, 0.6) is 0 Å². The summed E-state index contributed by atoms with van der Waals surface area (Å²) in [7, 11) is 0. The zero-order valence-corrected chi connectivity index (χ0v) is 19.5. The minimum Gasteiger partial charge on any atom is -0.381 e. The molecule has 168 valence electrons. The Balaban J connectivity index is 1.14. The molecule has 2 saturated heterocycles. The fourth-order valence-corrected chi connectivity index (χ4v) is 6.39. The third-order valence-corrected chi connectivity index (χ3v) is 8.55. The van der Waals surface area contributed by atoms with Crippen molar-refractivity contribution in [1.82, 2.24) is 9.88 Å². The largest absolute Gasteiger partial charge is 0.381 e. The molecular weight excluding hydrogens is 406 g/mol. The highest BCUT2D eigenvalue weighted by atomic mass is 32.1. The van der Waals surface area contributed by atoms with Crippen LogP contribution in [0.4, 0.5) is 5.82 Å². The maximum atomic E-state index is 6.43. The summed E-state index contributed by atoms with van der Waals surface area (Å²) in [5.41, 5.74) is 2.76. The number of aryl methyl sites for hydroxylation is 1. The first-order chi connectivity index (χ1) is 15.2. The quantitative estimate of drug-likeness (QED) is 0.709. The second-order valence-corrected chi connectivity index (χ2v) is 10.5. The van der Waals surface area contributed by atoms with E-state index in [0.29, 0.717) is 5.92 Å². The molecule has 6 heteroatoms. The fraction of sp³-hybridized carbons (Fsp3) is 0.640. The van der Waals surface area contributed by atoms with E-state index in [0.717, 1.165) is 90.3 Å². The number of hydrogen-bond acceptors (Lipinski definition) is 6. The summed E-state index contributed by atoms with van der Waals surface area (Å²) >= 11 is 2.01. The summed E-state index contributed by atoms with van der Waals surface area (Å²) in [5, 5.41) is 3.50. The molecule has 0 radical (unpaired) electrons. The predicted octanol–water partition coefficient (Wildman–Crippen LogP) is 4.61. The van der Waals surface area contributed by atoms with Crippen molar-refractivity contribution in [3.63, 3.8) is 0 Å². The molecule has 3 aliphatic heterocycles. The van der Waals surface area contributed by atoms with Gasteiger partial charge in [0.1, 0.15) is 5.82 Å². The van der Waals surface area contributed by atoms with Gasteiger partial charge in [-0.1, -0.05) is 13.0 Å². The van der Waals surface area contributed by atoms with E-state index in [1.807, 2.05) is 17.5 Å². The van der Waals surface area contributed by atoms with Gasteiger partial charge in [-0.2, -0.15) is 0 Å². The maximum Gasteiger partial charge on any atom is 0.125 e. The molecule has 31 heavy (non-hydrogen) atoms. The van der Waals surface area contributed by atoms with Gasteiger partial charge in [0.05, 0.1) is 12.2 Å². The number of ether oxygens (including phenoxy) is 2. The number of piperidine rings is 1. The van der Waals surface area contributed by atoms with Crippen molar-refractivity contribution in [3.8, 4) is 0 Å². The summed E-state index contributed by atoms with van der Waals surface area (Å²) in [6, 6.07) is 6.80. The van der Waals surface area contributed by atoms with Crippen molar-refractivity contribution >= 4 is 17.2 Å². The van der Waals surface area contributed by atoms with Crippen molar-refractivity contribution < 1.29 is 9.47 Å². The summed E-state index contributed by atoms with van der Waals surface area (Å²) in [6.07, 6.45) is 8.75. The number of nitrogens with zero attached hydrogens (tertiary/aromatic N) is 2. The van der Waals surface area contributed by atoms with Gasteiger partial charge in [-0.05, 0) is 61.3 Å². The van der Waals surface area contributed by atoms with Crippen LogP contribution in [0.15, 0.2) is 24.4 Å². The highest BCUT2D eigenvalue weighted by Crippen LogP contribution is 2.44. The zero-order valence-electron chi connectivity index (χ0n) is 18.7. The molecule has 2 aromatic heterocycles. The first-order valence-electron chi connectivity index (χ1n) is 12.0. The topological polar surface area (TPSA) is 46.6 Å². The molecule has 0 unspecified atom stereocenters. The van der Waals surface area contributed by atoms with Crippen molar-refractivity contribution in [3.05, 3.63) is 45.3 Å². The van der Waals surface area contributed by atoms with Crippen LogP contribution in [0.1, 0.15) is 53.5 Å². The number of hydrogen-bond donors (Lipinski definition) is 1.